The van der Waals surface area contributed by atoms with Gasteiger partial charge < -0.3 is 4.74 Å². The quantitative estimate of drug-likeness (QED) is 0.754. The Balaban J connectivity index is 2.21. The molecule has 0 N–H and O–H groups in total. The normalized spacial score (nSPS) is 10.4. The van der Waals surface area contributed by atoms with Crippen LogP contribution in [0.2, 0.25) is 0 Å². The van der Waals surface area contributed by atoms with Gasteiger partial charge in [0.05, 0.1) is 4.90 Å². The standard InChI is InChI=1S/C15H15FOS/c1-11-8-9-13(18-2)15(14(11)16)17-10-12-6-4-3-5-7-12/h3-9H,10H2,1-2H3. The molecule has 0 saturated carbocycles. The third kappa shape index (κ3) is 2.85. The van der Waals surface area contributed by atoms with E-state index < -0.39 is 0 Å². The maximum atomic E-state index is 14.0. The molecule has 0 amide bonds. The number of aryl methyl sites for hydroxylation is 1. The van der Waals surface area contributed by atoms with Crippen molar-refractivity contribution in [3.05, 3.63) is 59.4 Å². The molecule has 0 aliphatic carbocycles. The number of thioether (sulfide) groups is 1. The molecule has 0 aliphatic heterocycles. The first-order valence-corrected chi connectivity index (χ1v) is 6.94. The largest absolute Gasteiger partial charge is 0.485 e. The Morgan fingerprint density at radius 1 is 1.11 bits per heavy atom. The molecule has 0 heterocycles. The molecule has 0 saturated heterocycles. The first kappa shape index (κ1) is 13.0. The van der Waals surface area contributed by atoms with Gasteiger partial charge >= 0.3 is 0 Å². The minimum atomic E-state index is -0.266. The zero-order valence-electron chi connectivity index (χ0n) is 10.4. The van der Waals surface area contributed by atoms with E-state index in [4.69, 9.17) is 4.74 Å². The predicted octanol–water partition coefficient (Wildman–Crippen LogP) is 4.44. The molecule has 0 fully saturated rings. The molecule has 0 bridgehead atoms. The van der Waals surface area contributed by atoms with E-state index in [1.807, 2.05) is 42.7 Å². The maximum absolute atomic E-state index is 14.0. The van der Waals surface area contributed by atoms with Crippen LogP contribution >= 0.6 is 11.8 Å². The summed E-state index contributed by atoms with van der Waals surface area (Å²) in [6, 6.07) is 13.4. The minimum Gasteiger partial charge on any atom is -0.485 e. The summed E-state index contributed by atoms with van der Waals surface area (Å²) in [5.74, 6) is 0.0872. The average molecular weight is 262 g/mol. The van der Waals surface area contributed by atoms with Crippen molar-refractivity contribution in [3.8, 4) is 5.75 Å². The van der Waals surface area contributed by atoms with Crippen molar-refractivity contribution >= 4 is 11.8 Å². The molecule has 0 aliphatic rings. The fraction of sp³-hybridized carbons (Fsp3) is 0.200. The Kier molecular flexibility index (Phi) is 4.26. The van der Waals surface area contributed by atoms with Crippen molar-refractivity contribution in [1.29, 1.82) is 0 Å². The Hall–Kier alpha value is -1.48. The minimum absolute atomic E-state index is 0.266. The highest BCUT2D eigenvalue weighted by atomic mass is 32.2. The molecule has 2 aromatic rings. The summed E-state index contributed by atoms with van der Waals surface area (Å²) in [4.78, 5) is 0.828. The van der Waals surface area contributed by atoms with E-state index in [-0.39, 0.29) is 5.82 Å². The van der Waals surface area contributed by atoms with Crippen LogP contribution in [0.1, 0.15) is 11.1 Å². The van der Waals surface area contributed by atoms with Gasteiger partial charge in [-0.15, -0.1) is 11.8 Å². The number of hydrogen-bond acceptors (Lipinski definition) is 2. The third-order valence-corrected chi connectivity index (χ3v) is 3.46. The second-order valence-electron chi connectivity index (χ2n) is 4.00. The van der Waals surface area contributed by atoms with Gasteiger partial charge in [-0.3, -0.25) is 0 Å². The summed E-state index contributed by atoms with van der Waals surface area (Å²) < 4.78 is 19.6. The van der Waals surface area contributed by atoms with Crippen molar-refractivity contribution < 1.29 is 9.13 Å². The first-order chi connectivity index (χ1) is 8.72. The summed E-state index contributed by atoms with van der Waals surface area (Å²) in [7, 11) is 0. The molecule has 0 radical (unpaired) electrons. The van der Waals surface area contributed by atoms with Gasteiger partial charge in [0.15, 0.2) is 11.6 Å². The van der Waals surface area contributed by atoms with Crippen molar-refractivity contribution in [3.63, 3.8) is 0 Å². The summed E-state index contributed by atoms with van der Waals surface area (Å²) in [5.41, 5.74) is 1.64. The van der Waals surface area contributed by atoms with E-state index >= 15 is 0 Å². The van der Waals surface area contributed by atoms with Crippen LogP contribution in [-0.2, 0) is 6.61 Å². The maximum Gasteiger partial charge on any atom is 0.169 e. The van der Waals surface area contributed by atoms with Gasteiger partial charge in [-0.2, -0.15) is 0 Å². The van der Waals surface area contributed by atoms with Gasteiger partial charge in [-0.05, 0) is 30.4 Å². The van der Waals surface area contributed by atoms with E-state index in [2.05, 4.69) is 0 Å². The molecule has 0 aromatic heterocycles. The van der Waals surface area contributed by atoms with Gasteiger partial charge in [-0.1, -0.05) is 36.4 Å². The molecule has 0 atom stereocenters. The van der Waals surface area contributed by atoms with Gasteiger partial charge in [0.25, 0.3) is 0 Å². The number of ether oxygens (including phenoxy) is 1. The lowest BCUT2D eigenvalue weighted by molar-refractivity contribution is 0.282. The molecule has 1 nitrogen and oxygen atoms in total. The van der Waals surface area contributed by atoms with E-state index in [9.17, 15) is 4.39 Å². The molecular formula is C15H15FOS. The fourth-order valence-electron chi connectivity index (χ4n) is 1.66. The van der Waals surface area contributed by atoms with E-state index in [0.29, 0.717) is 17.9 Å². The number of halogens is 1. The highest BCUT2D eigenvalue weighted by molar-refractivity contribution is 7.98. The van der Waals surface area contributed by atoms with Gasteiger partial charge in [0, 0.05) is 0 Å². The van der Waals surface area contributed by atoms with Crippen LogP contribution < -0.4 is 4.74 Å². The first-order valence-electron chi connectivity index (χ1n) is 5.72. The Morgan fingerprint density at radius 2 is 1.83 bits per heavy atom. The predicted molar refractivity (Wildman–Crippen MR) is 73.7 cm³/mol. The van der Waals surface area contributed by atoms with E-state index in [1.54, 1.807) is 13.0 Å². The van der Waals surface area contributed by atoms with Crippen LogP contribution in [0, 0.1) is 12.7 Å². The topological polar surface area (TPSA) is 9.23 Å². The Bertz CT molecular complexity index is 526. The van der Waals surface area contributed by atoms with Crippen LogP contribution in [-0.4, -0.2) is 6.26 Å². The highest BCUT2D eigenvalue weighted by Crippen LogP contribution is 2.32. The number of benzene rings is 2. The molecule has 18 heavy (non-hydrogen) atoms. The van der Waals surface area contributed by atoms with Crippen LogP contribution in [0.25, 0.3) is 0 Å². The summed E-state index contributed by atoms with van der Waals surface area (Å²) in [6.07, 6.45) is 1.92. The van der Waals surface area contributed by atoms with Crippen LogP contribution in [0.15, 0.2) is 47.4 Å². The molecule has 94 valence electrons. The van der Waals surface area contributed by atoms with Gasteiger partial charge in [0.1, 0.15) is 6.61 Å². The highest BCUT2D eigenvalue weighted by Gasteiger charge is 2.12. The van der Waals surface area contributed by atoms with Crippen molar-refractivity contribution in [2.75, 3.05) is 6.26 Å². The molecule has 2 rings (SSSR count). The lowest BCUT2D eigenvalue weighted by atomic mass is 10.2. The molecule has 3 heteroatoms. The third-order valence-electron chi connectivity index (χ3n) is 2.70. The van der Waals surface area contributed by atoms with Gasteiger partial charge in [0.2, 0.25) is 0 Å². The van der Waals surface area contributed by atoms with Crippen molar-refractivity contribution in [2.45, 2.75) is 18.4 Å². The lowest BCUT2D eigenvalue weighted by Gasteiger charge is -2.12. The van der Waals surface area contributed by atoms with Crippen LogP contribution in [0.4, 0.5) is 4.39 Å². The average Bonchev–Trinajstić information content (AvgIpc) is 2.41. The Labute approximate surface area is 111 Å². The van der Waals surface area contributed by atoms with Crippen LogP contribution in [0.5, 0.6) is 5.75 Å². The van der Waals surface area contributed by atoms with E-state index in [1.165, 1.54) is 11.8 Å². The van der Waals surface area contributed by atoms with Crippen molar-refractivity contribution in [1.82, 2.24) is 0 Å². The smallest absolute Gasteiger partial charge is 0.169 e. The van der Waals surface area contributed by atoms with Crippen LogP contribution in [0.3, 0.4) is 0 Å². The molecule has 0 spiro atoms. The Morgan fingerprint density at radius 3 is 2.50 bits per heavy atom. The number of rotatable bonds is 4. The summed E-state index contributed by atoms with van der Waals surface area (Å²) >= 11 is 1.49. The monoisotopic (exact) mass is 262 g/mol. The van der Waals surface area contributed by atoms with E-state index in [0.717, 1.165) is 10.5 Å². The summed E-state index contributed by atoms with van der Waals surface area (Å²) in [5, 5.41) is 0. The second kappa shape index (κ2) is 5.91. The molecule has 2 aromatic carbocycles. The zero-order chi connectivity index (χ0) is 13.0. The number of hydrogen-bond donors (Lipinski definition) is 0. The molecule has 0 unspecified atom stereocenters. The molecular weight excluding hydrogens is 247 g/mol. The van der Waals surface area contributed by atoms with Gasteiger partial charge in [-0.25, -0.2) is 4.39 Å². The second-order valence-corrected chi connectivity index (χ2v) is 4.85. The summed E-state index contributed by atoms with van der Waals surface area (Å²) in [6.45, 7) is 2.13. The van der Waals surface area contributed by atoms with Crippen molar-refractivity contribution in [2.24, 2.45) is 0 Å². The zero-order valence-corrected chi connectivity index (χ0v) is 11.3. The lowest BCUT2D eigenvalue weighted by Crippen LogP contribution is -2.00. The SMILES string of the molecule is CSc1ccc(C)c(F)c1OCc1ccccc1. The fourth-order valence-corrected chi connectivity index (χ4v) is 2.20.